The molecule has 0 atom stereocenters. The smallest absolute Gasteiger partial charge is 0.259 e. The maximum atomic E-state index is 5.33. The summed E-state index contributed by atoms with van der Waals surface area (Å²) in [5.41, 5.74) is 3.03. The van der Waals surface area contributed by atoms with Crippen molar-refractivity contribution in [2.24, 2.45) is 0 Å². The van der Waals surface area contributed by atoms with Crippen LogP contribution in [0.25, 0.3) is 22.8 Å². The van der Waals surface area contributed by atoms with Crippen LogP contribution < -0.4 is 0 Å². The highest BCUT2D eigenvalue weighted by atomic mass is 79.9. The summed E-state index contributed by atoms with van der Waals surface area (Å²) in [7, 11) is 0. The fraction of sp³-hybridized carbons (Fsp3) is 0.0667. The van der Waals surface area contributed by atoms with Crippen LogP contribution in [0, 0.1) is 6.92 Å². The van der Waals surface area contributed by atoms with E-state index in [-0.39, 0.29) is 0 Å². The number of rotatable bonds is 2. The van der Waals surface area contributed by atoms with Crippen LogP contribution in [0.1, 0.15) is 5.56 Å². The Morgan fingerprint density at radius 3 is 2.68 bits per heavy atom. The van der Waals surface area contributed by atoms with Crippen molar-refractivity contribution < 1.29 is 4.52 Å². The predicted octanol–water partition coefficient (Wildman–Crippen LogP) is 4.47. The van der Waals surface area contributed by atoms with E-state index >= 15 is 0 Å². The molecule has 0 saturated heterocycles. The van der Waals surface area contributed by atoms with Gasteiger partial charge in [0.15, 0.2) is 0 Å². The van der Waals surface area contributed by atoms with E-state index in [1.54, 1.807) is 0 Å². The molecule has 1 heterocycles. The molecule has 0 aliphatic heterocycles. The SMILES string of the molecule is Cc1cccc(-c2noc(-c3ccccc3Br)n2)c1. The first-order valence-electron chi connectivity index (χ1n) is 5.90. The Morgan fingerprint density at radius 2 is 1.89 bits per heavy atom. The van der Waals surface area contributed by atoms with Crippen LogP contribution in [-0.4, -0.2) is 10.1 Å². The lowest BCUT2D eigenvalue weighted by Gasteiger charge is -1.97. The van der Waals surface area contributed by atoms with Crippen molar-refractivity contribution in [1.29, 1.82) is 0 Å². The summed E-state index contributed by atoms with van der Waals surface area (Å²) >= 11 is 3.48. The average Bonchev–Trinajstić information content (AvgIpc) is 2.89. The molecule has 0 aliphatic rings. The lowest BCUT2D eigenvalue weighted by molar-refractivity contribution is 0.432. The molecule has 2 aromatic carbocycles. The van der Waals surface area contributed by atoms with E-state index in [1.165, 1.54) is 5.56 Å². The van der Waals surface area contributed by atoms with E-state index in [2.05, 4.69) is 26.1 Å². The number of halogens is 1. The summed E-state index contributed by atoms with van der Waals surface area (Å²) in [6.45, 7) is 2.04. The molecule has 19 heavy (non-hydrogen) atoms. The Morgan fingerprint density at radius 1 is 1.05 bits per heavy atom. The van der Waals surface area contributed by atoms with Gasteiger partial charge < -0.3 is 4.52 Å². The lowest BCUT2D eigenvalue weighted by atomic mass is 10.1. The highest BCUT2D eigenvalue weighted by Gasteiger charge is 2.12. The van der Waals surface area contributed by atoms with E-state index < -0.39 is 0 Å². The van der Waals surface area contributed by atoms with Gasteiger partial charge in [0.2, 0.25) is 5.82 Å². The minimum Gasteiger partial charge on any atom is -0.334 e. The van der Waals surface area contributed by atoms with E-state index in [0.717, 1.165) is 15.6 Å². The van der Waals surface area contributed by atoms with Gasteiger partial charge in [0.25, 0.3) is 5.89 Å². The fourth-order valence-electron chi connectivity index (χ4n) is 1.87. The van der Waals surface area contributed by atoms with Crippen LogP contribution in [0.15, 0.2) is 57.5 Å². The normalized spacial score (nSPS) is 10.6. The molecule has 0 aliphatic carbocycles. The lowest BCUT2D eigenvalue weighted by Crippen LogP contribution is -1.82. The summed E-state index contributed by atoms with van der Waals surface area (Å²) in [5, 5.41) is 4.04. The van der Waals surface area contributed by atoms with Crippen LogP contribution >= 0.6 is 15.9 Å². The summed E-state index contributed by atoms with van der Waals surface area (Å²) in [6.07, 6.45) is 0. The minimum absolute atomic E-state index is 0.518. The molecule has 0 bridgehead atoms. The molecular weight excluding hydrogens is 304 g/mol. The highest BCUT2D eigenvalue weighted by molar-refractivity contribution is 9.10. The number of benzene rings is 2. The second kappa shape index (κ2) is 4.97. The number of hydrogen-bond donors (Lipinski definition) is 0. The Kier molecular flexibility index (Phi) is 3.17. The van der Waals surface area contributed by atoms with E-state index in [0.29, 0.717) is 11.7 Å². The van der Waals surface area contributed by atoms with Crippen LogP contribution in [0.5, 0.6) is 0 Å². The summed E-state index contributed by atoms with van der Waals surface area (Å²) in [5.74, 6) is 1.12. The zero-order chi connectivity index (χ0) is 13.2. The van der Waals surface area contributed by atoms with Gasteiger partial charge in [-0.2, -0.15) is 4.98 Å². The van der Waals surface area contributed by atoms with Gasteiger partial charge in [-0.3, -0.25) is 0 Å². The molecule has 0 radical (unpaired) electrons. The van der Waals surface area contributed by atoms with Gasteiger partial charge in [0.1, 0.15) is 0 Å². The third-order valence-electron chi connectivity index (χ3n) is 2.81. The zero-order valence-electron chi connectivity index (χ0n) is 10.3. The third kappa shape index (κ3) is 2.44. The second-order valence-corrected chi connectivity index (χ2v) is 5.13. The second-order valence-electron chi connectivity index (χ2n) is 4.27. The van der Waals surface area contributed by atoms with Crippen molar-refractivity contribution in [3.63, 3.8) is 0 Å². The van der Waals surface area contributed by atoms with Crippen LogP contribution in [0.3, 0.4) is 0 Å². The fourth-order valence-corrected chi connectivity index (χ4v) is 2.32. The van der Waals surface area contributed by atoms with E-state index in [9.17, 15) is 0 Å². The molecule has 1 aromatic heterocycles. The van der Waals surface area contributed by atoms with Gasteiger partial charge in [-0.1, -0.05) is 41.1 Å². The molecule has 0 unspecified atom stereocenters. The number of nitrogens with zero attached hydrogens (tertiary/aromatic N) is 2. The summed E-state index contributed by atoms with van der Waals surface area (Å²) in [6, 6.07) is 15.8. The molecule has 94 valence electrons. The maximum Gasteiger partial charge on any atom is 0.259 e. The van der Waals surface area contributed by atoms with E-state index in [4.69, 9.17) is 4.52 Å². The third-order valence-corrected chi connectivity index (χ3v) is 3.50. The van der Waals surface area contributed by atoms with Crippen LogP contribution in [0.4, 0.5) is 0 Å². The van der Waals surface area contributed by atoms with Gasteiger partial charge in [0, 0.05) is 10.0 Å². The van der Waals surface area contributed by atoms with Crippen LogP contribution in [-0.2, 0) is 0 Å². The Labute approximate surface area is 119 Å². The van der Waals surface area contributed by atoms with E-state index in [1.807, 2.05) is 55.5 Å². The molecule has 3 nitrogen and oxygen atoms in total. The number of aryl methyl sites for hydroxylation is 1. The van der Waals surface area contributed by atoms with Crippen molar-refractivity contribution in [3.8, 4) is 22.8 Å². The van der Waals surface area contributed by atoms with Crippen LogP contribution in [0.2, 0.25) is 0 Å². The largest absolute Gasteiger partial charge is 0.334 e. The average molecular weight is 315 g/mol. The van der Waals surface area contributed by atoms with Crippen molar-refractivity contribution in [1.82, 2.24) is 10.1 Å². The van der Waals surface area contributed by atoms with Crippen molar-refractivity contribution in [2.75, 3.05) is 0 Å². The summed E-state index contributed by atoms with van der Waals surface area (Å²) in [4.78, 5) is 4.44. The molecule has 0 saturated carbocycles. The molecule has 0 amide bonds. The van der Waals surface area contributed by atoms with Gasteiger partial charge in [0.05, 0.1) is 5.56 Å². The quantitative estimate of drug-likeness (QED) is 0.700. The molecule has 0 spiro atoms. The predicted molar refractivity (Wildman–Crippen MR) is 77.6 cm³/mol. The molecule has 3 rings (SSSR count). The number of hydrogen-bond acceptors (Lipinski definition) is 3. The molecule has 0 fully saturated rings. The van der Waals surface area contributed by atoms with Crippen molar-refractivity contribution in [3.05, 3.63) is 58.6 Å². The standard InChI is InChI=1S/C15H11BrN2O/c1-10-5-4-6-11(9-10)14-17-15(19-18-14)12-7-2-3-8-13(12)16/h2-9H,1H3. The first kappa shape index (κ1) is 12.1. The zero-order valence-corrected chi connectivity index (χ0v) is 11.9. The monoisotopic (exact) mass is 314 g/mol. The maximum absolute atomic E-state index is 5.33. The van der Waals surface area contributed by atoms with Crippen molar-refractivity contribution >= 4 is 15.9 Å². The molecule has 0 N–H and O–H groups in total. The van der Waals surface area contributed by atoms with Crippen molar-refractivity contribution in [2.45, 2.75) is 6.92 Å². The van der Waals surface area contributed by atoms with Gasteiger partial charge in [-0.15, -0.1) is 0 Å². The summed E-state index contributed by atoms with van der Waals surface area (Å²) < 4.78 is 6.27. The topological polar surface area (TPSA) is 38.9 Å². The molecular formula is C15H11BrN2O. The molecule has 3 aromatic rings. The number of aromatic nitrogens is 2. The first-order valence-corrected chi connectivity index (χ1v) is 6.69. The Hall–Kier alpha value is -1.94. The first-order chi connectivity index (χ1) is 9.24. The van der Waals surface area contributed by atoms with Gasteiger partial charge >= 0.3 is 0 Å². The Bertz CT molecular complexity index is 721. The Balaban J connectivity index is 2.03. The van der Waals surface area contributed by atoms with Gasteiger partial charge in [-0.25, -0.2) is 0 Å². The highest BCUT2D eigenvalue weighted by Crippen LogP contribution is 2.28. The minimum atomic E-state index is 0.518. The van der Waals surface area contributed by atoms with Gasteiger partial charge in [-0.05, 0) is 41.1 Å². The molecule has 4 heteroatoms.